The van der Waals surface area contributed by atoms with Gasteiger partial charge in [-0.3, -0.25) is 0 Å². The Labute approximate surface area is 100 Å². The Hall–Kier alpha value is -1.26. The highest BCUT2D eigenvalue weighted by molar-refractivity contribution is 5.41. The molecule has 1 heterocycles. The average molecular weight is 235 g/mol. The van der Waals surface area contributed by atoms with Crippen molar-refractivity contribution in [1.82, 2.24) is 0 Å². The molecule has 1 aliphatic carbocycles. The highest BCUT2D eigenvalue weighted by Crippen LogP contribution is 2.47. The molecule has 2 aliphatic rings. The van der Waals surface area contributed by atoms with Gasteiger partial charge in [-0.1, -0.05) is 12.1 Å². The molecule has 1 unspecified atom stereocenters. The lowest BCUT2D eigenvalue weighted by molar-refractivity contribution is -0.112. The molecule has 0 saturated heterocycles. The van der Waals surface area contributed by atoms with Crippen molar-refractivity contribution < 1.29 is 14.6 Å². The van der Waals surface area contributed by atoms with Crippen LogP contribution in [0.2, 0.25) is 0 Å². The van der Waals surface area contributed by atoms with Crippen molar-refractivity contribution in [2.75, 3.05) is 13.2 Å². The van der Waals surface area contributed by atoms with E-state index in [0.29, 0.717) is 26.0 Å². The van der Waals surface area contributed by atoms with Gasteiger partial charge in [0.25, 0.3) is 0 Å². The summed E-state index contributed by atoms with van der Waals surface area (Å²) in [6, 6.07) is 7.65. The van der Waals surface area contributed by atoms with Crippen LogP contribution in [-0.2, 0) is 0 Å². The van der Waals surface area contributed by atoms with Crippen molar-refractivity contribution in [3.05, 3.63) is 24.3 Å². The zero-order chi connectivity index (χ0) is 11.9. The molecule has 0 spiro atoms. The van der Waals surface area contributed by atoms with Crippen molar-refractivity contribution in [3.8, 4) is 11.5 Å². The van der Waals surface area contributed by atoms with Crippen LogP contribution in [0.5, 0.6) is 11.5 Å². The molecule has 4 heteroatoms. The molecule has 0 bridgehead atoms. The lowest BCUT2D eigenvalue weighted by Gasteiger charge is -2.50. The molecule has 1 aromatic carbocycles. The molecule has 4 nitrogen and oxygen atoms in total. The summed E-state index contributed by atoms with van der Waals surface area (Å²) in [5.74, 6) is 1.56. The van der Waals surface area contributed by atoms with Crippen LogP contribution in [0.1, 0.15) is 12.8 Å². The largest absolute Gasteiger partial charge is 0.486 e. The number of nitrogens with two attached hydrogens (primary N) is 1. The number of rotatable bonds is 2. The Kier molecular flexibility index (Phi) is 2.49. The first-order chi connectivity index (χ1) is 8.23. The van der Waals surface area contributed by atoms with Crippen molar-refractivity contribution >= 4 is 0 Å². The molecule has 0 amide bonds. The predicted molar refractivity (Wildman–Crippen MR) is 63.1 cm³/mol. The quantitative estimate of drug-likeness (QED) is 0.800. The van der Waals surface area contributed by atoms with Crippen LogP contribution < -0.4 is 15.2 Å². The average Bonchev–Trinajstić information content (AvgIpc) is 2.34. The Balaban J connectivity index is 1.80. The van der Waals surface area contributed by atoms with Gasteiger partial charge in [0.2, 0.25) is 0 Å². The van der Waals surface area contributed by atoms with Crippen LogP contribution in [0.3, 0.4) is 0 Å². The molecular formula is C13H17NO3. The van der Waals surface area contributed by atoms with E-state index >= 15 is 0 Å². The predicted octanol–water partition coefficient (Wildman–Crippen LogP) is 0.926. The maximum Gasteiger partial charge on any atom is 0.161 e. The van der Waals surface area contributed by atoms with Crippen LogP contribution in [0, 0.1) is 5.41 Å². The fourth-order valence-electron chi connectivity index (χ4n) is 2.76. The van der Waals surface area contributed by atoms with E-state index in [1.54, 1.807) is 0 Å². The first-order valence-corrected chi connectivity index (χ1v) is 6.00. The minimum atomic E-state index is -0.237. The van der Waals surface area contributed by atoms with Gasteiger partial charge in [0.15, 0.2) is 11.5 Å². The number of fused-ring (bicyclic) bond motifs is 1. The zero-order valence-electron chi connectivity index (χ0n) is 9.63. The first-order valence-electron chi connectivity index (χ1n) is 6.00. The second-order valence-corrected chi connectivity index (χ2v) is 4.99. The van der Waals surface area contributed by atoms with E-state index in [1.807, 2.05) is 24.3 Å². The third-order valence-corrected chi connectivity index (χ3v) is 3.88. The number of aliphatic hydroxyl groups is 1. The maximum atomic E-state index is 9.49. The number of para-hydroxylation sites is 2. The highest BCUT2D eigenvalue weighted by Gasteiger charge is 2.51. The second kappa shape index (κ2) is 3.89. The van der Waals surface area contributed by atoms with E-state index < -0.39 is 0 Å². The lowest BCUT2D eigenvalue weighted by Crippen LogP contribution is -2.58. The standard InChI is InChI=1S/C13H17NO3/c14-8-13(5-9(15)6-13)12-7-16-10-3-1-2-4-11(10)17-12/h1-4,9,12,15H,5-8,14H2. The van der Waals surface area contributed by atoms with Gasteiger partial charge in [0, 0.05) is 12.0 Å². The summed E-state index contributed by atoms with van der Waals surface area (Å²) < 4.78 is 11.7. The van der Waals surface area contributed by atoms with Crippen LogP contribution in [0.4, 0.5) is 0 Å². The Morgan fingerprint density at radius 1 is 1.29 bits per heavy atom. The van der Waals surface area contributed by atoms with Gasteiger partial charge >= 0.3 is 0 Å². The summed E-state index contributed by atoms with van der Waals surface area (Å²) in [5, 5.41) is 9.49. The first kappa shape index (κ1) is 10.9. The summed E-state index contributed by atoms with van der Waals surface area (Å²) in [5.41, 5.74) is 5.72. The van der Waals surface area contributed by atoms with Crippen molar-refractivity contribution in [3.63, 3.8) is 0 Å². The van der Waals surface area contributed by atoms with Gasteiger partial charge < -0.3 is 20.3 Å². The lowest BCUT2D eigenvalue weighted by atomic mass is 9.63. The summed E-state index contributed by atoms with van der Waals surface area (Å²) in [7, 11) is 0. The minimum Gasteiger partial charge on any atom is -0.486 e. The van der Waals surface area contributed by atoms with Crippen LogP contribution in [-0.4, -0.2) is 30.5 Å². The third kappa shape index (κ3) is 1.68. The fourth-order valence-corrected chi connectivity index (χ4v) is 2.76. The summed E-state index contributed by atoms with van der Waals surface area (Å²) in [4.78, 5) is 0. The van der Waals surface area contributed by atoms with E-state index in [0.717, 1.165) is 11.5 Å². The van der Waals surface area contributed by atoms with E-state index in [4.69, 9.17) is 15.2 Å². The summed E-state index contributed by atoms with van der Waals surface area (Å²) in [6.45, 7) is 1.04. The normalized spacial score (nSPS) is 35.2. The molecule has 1 atom stereocenters. The van der Waals surface area contributed by atoms with Crippen LogP contribution >= 0.6 is 0 Å². The van der Waals surface area contributed by atoms with Crippen molar-refractivity contribution in [2.45, 2.75) is 25.0 Å². The zero-order valence-corrected chi connectivity index (χ0v) is 9.63. The Morgan fingerprint density at radius 3 is 2.65 bits per heavy atom. The fraction of sp³-hybridized carbons (Fsp3) is 0.538. The number of ether oxygens (including phenoxy) is 2. The van der Waals surface area contributed by atoms with Gasteiger partial charge in [0.1, 0.15) is 12.7 Å². The van der Waals surface area contributed by atoms with Gasteiger partial charge in [-0.25, -0.2) is 0 Å². The molecule has 3 N–H and O–H groups in total. The monoisotopic (exact) mass is 235 g/mol. The van der Waals surface area contributed by atoms with E-state index in [-0.39, 0.29) is 17.6 Å². The molecule has 1 aliphatic heterocycles. The van der Waals surface area contributed by atoms with E-state index in [1.165, 1.54) is 0 Å². The smallest absolute Gasteiger partial charge is 0.161 e. The molecule has 17 heavy (non-hydrogen) atoms. The molecule has 0 aromatic heterocycles. The number of hydrogen-bond acceptors (Lipinski definition) is 4. The van der Waals surface area contributed by atoms with Crippen LogP contribution in [0.15, 0.2) is 24.3 Å². The van der Waals surface area contributed by atoms with Gasteiger partial charge in [-0.2, -0.15) is 0 Å². The Morgan fingerprint density at radius 2 is 2.00 bits per heavy atom. The Bertz CT molecular complexity index is 415. The molecular weight excluding hydrogens is 218 g/mol. The van der Waals surface area contributed by atoms with Gasteiger partial charge in [-0.05, 0) is 25.0 Å². The van der Waals surface area contributed by atoms with Crippen molar-refractivity contribution in [2.24, 2.45) is 11.1 Å². The van der Waals surface area contributed by atoms with Gasteiger partial charge in [-0.15, -0.1) is 0 Å². The molecule has 1 saturated carbocycles. The summed E-state index contributed by atoms with van der Waals surface area (Å²) >= 11 is 0. The van der Waals surface area contributed by atoms with Gasteiger partial charge in [0.05, 0.1) is 6.10 Å². The highest BCUT2D eigenvalue weighted by atomic mass is 16.6. The summed E-state index contributed by atoms with van der Waals surface area (Å²) in [6.07, 6.45) is 1.13. The molecule has 1 aromatic rings. The minimum absolute atomic E-state index is 0.0502. The third-order valence-electron chi connectivity index (χ3n) is 3.88. The SMILES string of the molecule is NCC1(C2COc3ccccc3O2)CC(O)C1. The van der Waals surface area contributed by atoms with Crippen LogP contribution in [0.25, 0.3) is 0 Å². The van der Waals surface area contributed by atoms with E-state index in [2.05, 4.69) is 0 Å². The number of hydrogen-bond donors (Lipinski definition) is 2. The molecule has 92 valence electrons. The molecule has 1 fully saturated rings. The van der Waals surface area contributed by atoms with Crippen molar-refractivity contribution in [1.29, 1.82) is 0 Å². The number of aliphatic hydroxyl groups excluding tert-OH is 1. The topological polar surface area (TPSA) is 64.7 Å². The molecule has 3 rings (SSSR count). The molecule has 0 radical (unpaired) electrons. The van der Waals surface area contributed by atoms with E-state index in [9.17, 15) is 5.11 Å². The maximum absolute atomic E-state index is 9.49. The number of benzene rings is 1. The second-order valence-electron chi connectivity index (χ2n) is 4.99.